The summed E-state index contributed by atoms with van der Waals surface area (Å²) in [6, 6.07) is 12.0. The predicted molar refractivity (Wildman–Crippen MR) is 74.3 cm³/mol. The van der Waals surface area contributed by atoms with E-state index in [4.69, 9.17) is 10.00 Å². The predicted octanol–water partition coefficient (Wildman–Crippen LogP) is 3.46. The third kappa shape index (κ3) is 3.22. The van der Waals surface area contributed by atoms with Crippen LogP contribution in [0.2, 0.25) is 0 Å². The Morgan fingerprint density at radius 1 is 1.24 bits per heavy atom. The molecule has 0 unspecified atom stereocenters. The summed E-state index contributed by atoms with van der Waals surface area (Å²) in [7, 11) is 0. The standard InChI is InChI=1S/C15H10N2O4/c1-10(18)12-3-5-13(6-4-12)21-15-8-11(9-16)2-7-14(15)17(19)20/h2-8H,1H3. The number of ether oxygens (including phenoxy) is 1. The van der Waals surface area contributed by atoms with Crippen molar-refractivity contribution in [2.45, 2.75) is 6.92 Å². The number of carbonyl (C=O) groups is 1. The van der Waals surface area contributed by atoms with Gasteiger partial charge in [0, 0.05) is 17.7 Å². The number of nitro benzene ring substituents is 1. The van der Waals surface area contributed by atoms with E-state index in [0.717, 1.165) is 0 Å². The van der Waals surface area contributed by atoms with E-state index in [1.54, 1.807) is 24.3 Å². The Morgan fingerprint density at radius 3 is 2.43 bits per heavy atom. The summed E-state index contributed by atoms with van der Waals surface area (Å²) < 4.78 is 5.44. The van der Waals surface area contributed by atoms with Crippen molar-refractivity contribution in [3.63, 3.8) is 0 Å². The third-order valence-electron chi connectivity index (χ3n) is 2.77. The van der Waals surface area contributed by atoms with Crippen LogP contribution in [0.5, 0.6) is 11.5 Å². The number of rotatable bonds is 4. The molecule has 0 amide bonds. The van der Waals surface area contributed by atoms with Crippen molar-refractivity contribution >= 4 is 11.5 Å². The van der Waals surface area contributed by atoms with Crippen LogP contribution in [0.3, 0.4) is 0 Å². The first-order chi connectivity index (χ1) is 10.0. The van der Waals surface area contributed by atoms with Gasteiger partial charge >= 0.3 is 5.69 Å². The molecule has 0 N–H and O–H groups in total. The van der Waals surface area contributed by atoms with Gasteiger partial charge in [-0.2, -0.15) is 5.26 Å². The molecule has 0 heterocycles. The van der Waals surface area contributed by atoms with Gasteiger partial charge in [-0.1, -0.05) is 0 Å². The molecule has 104 valence electrons. The van der Waals surface area contributed by atoms with Crippen molar-refractivity contribution in [2.24, 2.45) is 0 Å². The van der Waals surface area contributed by atoms with Gasteiger partial charge < -0.3 is 4.74 Å². The highest BCUT2D eigenvalue weighted by Crippen LogP contribution is 2.32. The van der Waals surface area contributed by atoms with E-state index < -0.39 is 4.92 Å². The van der Waals surface area contributed by atoms with E-state index in [-0.39, 0.29) is 22.8 Å². The Balaban J connectivity index is 2.36. The maximum atomic E-state index is 11.2. The molecule has 0 atom stereocenters. The summed E-state index contributed by atoms with van der Waals surface area (Å²) in [5.41, 5.74) is 0.545. The molecule has 21 heavy (non-hydrogen) atoms. The molecule has 0 aliphatic heterocycles. The minimum Gasteiger partial charge on any atom is -0.450 e. The van der Waals surface area contributed by atoms with Crippen LogP contribution in [-0.4, -0.2) is 10.7 Å². The van der Waals surface area contributed by atoms with E-state index in [0.29, 0.717) is 11.3 Å². The third-order valence-corrected chi connectivity index (χ3v) is 2.77. The van der Waals surface area contributed by atoms with E-state index in [9.17, 15) is 14.9 Å². The van der Waals surface area contributed by atoms with E-state index in [2.05, 4.69) is 0 Å². The first-order valence-corrected chi connectivity index (χ1v) is 5.98. The van der Waals surface area contributed by atoms with Gasteiger partial charge in [-0.15, -0.1) is 0 Å². The summed E-state index contributed by atoms with van der Waals surface area (Å²) in [5.74, 6) is 0.242. The molecule has 2 aromatic rings. The summed E-state index contributed by atoms with van der Waals surface area (Å²) in [5, 5.41) is 19.8. The van der Waals surface area contributed by atoms with Crippen LogP contribution in [0, 0.1) is 21.4 Å². The molecule has 0 bridgehead atoms. The number of hydrogen-bond acceptors (Lipinski definition) is 5. The highest BCUT2D eigenvalue weighted by molar-refractivity contribution is 5.94. The van der Waals surface area contributed by atoms with E-state index in [1.165, 1.54) is 25.1 Å². The Bertz CT molecular complexity index is 745. The Morgan fingerprint density at radius 2 is 1.90 bits per heavy atom. The van der Waals surface area contributed by atoms with Gasteiger partial charge in [0.2, 0.25) is 5.75 Å². The van der Waals surface area contributed by atoms with Gasteiger partial charge in [0.15, 0.2) is 5.78 Å². The highest BCUT2D eigenvalue weighted by atomic mass is 16.6. The lowest BCUT2D eigenvalue weighted by Crippen LogP contribution is -1.95. The van der Waals surface area contributed by atoms with Gasteiger partial charge in [0.25, 0.3) is 0 Å². The molecule has 0 saturated carbocycles. The van der Waals surface area contributed by atoms with Crippen LogP contribution in [0.1, 0.15) is 22.8 Å². The zero-order chi connectivity index (χ0) is 15.4. The number of nitriles is 1. The molecule has 2 rings (SSSR count). The fourth-order valence-electron chi connectivity index (χ4n) is 1.70. The second-order valence-corrected chi connectivity index (χ2v) is 4.23. The first-order valence-electron chi connectivity index (χ1n) is 5.98. The van der Waals surface area contributed by atoms with Gasteiger partial charge in [0.1, 0.15) is 5.75 Å². The molecular weight excluding hydrogens is 272 g/mol. The summed E-state index contributed by atoms with van der Waals surface area (Å²) in [4.78, 5) is 21.5. The molecule has 2 aromatic carbocycles. The Hall–Kier alpha value is -3.20. The monoisotopic (exact) mass is 282 g/mol. The van der Waals surface area contributed by atoms with Crippen molar-refractivity contribution in [2.75, 3.05) is 0 Å². The minimum absolute atomic E-state index is 0.0189. The van der Waals surface area contributed by atoms with Gasteiger partial charge in [0.05, 0.1) is 16.6 Å². The number of ketones is 1. The smallest absolute Gasteiger partial charge is 0.311 e. The first kappa shape index (κ1) is 14.2. The van der Waals surface area contributed by atoms with Crippen LogP contribution >= 0.6 is 0 Å². The molecule has 6 heteroatoms. The van der Waals surface area contributed by atoms with Crippen molar-refractivity contribution < 1.29 is 14.5 Å². The molecule has 0 spiro atoms. The van der Waals surface area contributed by atoms with Crippen molar-refractivity contribution in [1.82, 2.24) is 0 Å². The Kier molecular flexibility index (Phi) is 3.95. The zero-order valence-corrected chi connectivity index (χ0v) is 11.1. The fraction of sp³-hybridized carbons (Fsp3) is 0.0667. The topological polar surface area (TPSA) is 93.2 Å². The molecule has 6 nitrogen and oxygen atoms in total. The molecule has 0 aliphatic carbocycles. The van der Waals surface area contributed by atoms with Crippen LogP contribution in [0.4, 0.5) is 5.69 Å². The van der Waals surface area contributed by atoms with Crippen molar-refractivity contribution in [1.29, 1.82) is 5.26 Å². The van der Waals surface area contributed by atoms with Gasteiger partial charge in [-0.3, -0.25) is 14.9 Å². The minimum atomic E-state index is -0.583. The van der Waals surface area contributed by atoms with Crippen LogP contribution < -0.4 is 4.74 Å². The second kappa shape index (κ2) is 5.84. The van der Waals surface area contributed by atoms with Crippen molar-refractivity contribution in [3.05, 3.63) is 63.7 Å². The largest absolute Gasteiger partial charge is 0.450 e. The molecule has 0 aliphatic rings. The lowest BCUT2D eigenvalue weighted by Gasteiger charge is -2.07. The molecule has 0 saturated heterocycles. The maximum absolute atomic E-state index is 11.2. The molecular formula is C15H10N2O4. The van der Waals surface area contributed by atoms with Crippen LogP contribution in [0.15, 0.2) is 42.5 Å². The quantitative estimate of drug-likeness (QED) is 0.486. The number of hydrogen-bond donors (Lipinski definition) is 0. The summed E-state index contributed by atoms with van der Waals surface area (Å²) >= 11 is 0. The van der Waals surface area contributed by atoms with Gasteiger partial charge in [-0.05, 0) is 37.3 Å². The number of carbonyl (C=O) groups excluding carboxylic acids is 1. The normalized spacial score (nSPS) is 9.71. The molecule has 0 fully saturated rings. The highest BCUT2D eigenvalue weighted by Gasteiger charge is 2.16. The zero-order valence-electron chi connectivity index (χ0n) is 11.1. The van der Waals surface area contributed by atoms with Crippen LogP contribution in [0.25, 0.3) is 0 Å². The lowest BCUT2D eigenvalue weighted by atomic mass is 10.1. The maximum Gasteiger partial charge on any atom is 0.311 e. The summed E-state index contributed by atoms with van der Waals surface area (Å²) in [6.07, 6.45) is 0. The number of Topliss-reactive ketones (excluding diaryl/α,β-unsaturated/α-hetero) is 1. The number of nitrogens with zero attached hydrogens (tertiary/aromatic N) is 2. The second-order valence-electron chi connectivity index (χ2n) is 4.23. The van der Waals surface area contributed by atoms with Gasteiger partial charge in [-0.25, -0.2) is 0 Å². The average Bonchev–Trinajstić information content (AvgIpc) is 2.47. The lowest BCUT2D eigenvalue weighted by molar-refractivity contribution is -0.385. The van der Waals surface area contributed by atoms with E-state index in [1.807, 2.05) is 6.07 Å². The number of benzene rings is 2. The Labute approximate surface area is 120 Å². The molecule has 0 aromatic heterocycles. The number of nitro groups is 1. The van der Waals surface area contributed by atoms with Crippen molar-refractivity contribution in [3.8, 4) is 17.6 Å². The summed E-state index contributed by atoms with van der Waals surface area (Å²) in [6.45, 7) is 1.44. The fourth-order valence-corrected chi connectivity index (χ4v) is 1.70. The SMILES string of the molecule is CC(=O)c1ccc(Oc2cc(C#N)ccc2[N+](=O)[O-])cc1. The van der Waals surface area contributed by atoms with E-state index >= 15 is 0 Å². The average molecular weight is 282 g/mol. The molecule has 0 radical (unpaired) electrons. The van der Waals surface area contributed by atoms with Crippen LogP contribution in [-0.2, 0) is 0 Å².